The van der Waals surface area contributed by atoms with Crippen molar-refractivity contribution < 1.29 is 14.4 Å². The standard InChI is InChI=1S/C24H36N4O3/c1-26(2)14-12-25-24(31)28(13-11-18-7-5-4-6-8-18)23(30)20-15-19-16-21(29)9-10-22(19)27(3)17-20/h4-8,19-20,22H,9-17H2,1-3H3,(H,25,31)/t19-,20-,22-/m1/s1. The SMILES string of the molecule is CN(C)CCNC(=O)N(CCc1ccccc1)C(=O)[C@@H]1C[C@@H]2CC(=O)CC[C@H]2N(C)C1. The molecular weight excluding hydrogens is 392 g/mol. The van der Waals surface area contributed by atoms with Gasteiger partial charge in [-0.15, -0.1) is 0 Å². The van der Waals surface area contributed by atoms with E-state index >= 15 is 0 Å². The van der Waals surface area contributed by atoms with Crippen LogP contribution in [0, 0.1) is 11.8 Å². The van der Waals surface area contributed by atoms with Gasteiger partial charge in [0.05, 0.1) is 5.92 Å². The van der Waals surface area contributed by atoms with E-state index in [0.29, 0.717) is 63.7 Å². The van der Waals surface area contributed by atoms with Crippen molar-refractivity contribution >= 4 is 17.7 Å². The van der Waals surface area contributed by atoms with E-state index in [1.54, 1.807) is 0 Å². The zero-order valence-corrected chi connectivity index (χ0v) is 19.0. The number of fused-ring (bicyclic) bond motifs is 1. The maximum absolute atomic E-state index is 13.5. The van der Waals surface area contributed by atoms with Crippen LogP contribution in [0.4, 0.5) is 4.79 Å². The van der Waals surface area contributed by atoms with E-state index < -0.39 is 0 Å². The van der Waals surface area contributed by atoms with Crippen LogP contribution in [0.25, 0.3) is 0 Å². The normalized spacial score (nSPS) is 24.0. The van der Waals surface area contributed by atoms with E-state index in [0.717, 1.165) is 12.0 Å². The molecule has 1 N–H and O–H groups in total. The lowest BCUT2D eigenvalue weighted by Crippen LogP contribution is -2.55. The molecule has 1 aliphatic carbocycles. The lowest BCUT2D eigenvalue weighted by atomic mass is 9.74. The van der Waals surface area contributed by atoms with Crippen molar-refractivity contribution in [1.29, 1.82) is 0 Å². The highest BCUT2D eigenvalue weighted by Gasteiger charge is 2.42. The second-order valence-corrected chi connectivity index (χ2v) is 9.24. The molecule has 2 fully saturated rings. The summed E-state index contributed by atoms with van der Waals surface area (Å²) < 4.78 is 0. The molecule has 31 heavy (non-hydrogen) atoms. The first kappa shape index (κ1) is 23.4. The molecule has 1 aromatic carbocycles. The quantitative estimate of drug-likeness (QED) is 0.719. The molecule has 1 heterocycles. The lowest BCUT2D eigenvalue weighted by Gasteiger charge is -2.45. The van der Waals surface area contributed by atoms with Gasteiger partial charge in [-0.1, -0.05) is 30.3 Å². The van der Waals surface area contributed by atoms with Crippen molar-refractivity contribution in [1.82, 2.24) is 20.0 Å². The van der Waals surface area contributed by atoms with Crippen molar-refractivity contribution in [2.24, 2.45) is 11.8 Å². The van der Waals surface area contributed by atoms with E-state index in [2.05, 4.69) is 10.2 Å². The van der Waals surface area contributed by atoms with Crippen LogP contribution in [0.2, 0.25) is 0 Å². The highest BCUT2D eigenvalue weighted by Crippen LogP contribution is 2.36. The molecule has 7 nitrogen and oxygen atoms in total. The fourth-order valence-electron chi connectivity index (χ4n) is 4.90. The minimum Gasteiger partial charge on any atom is -0.336 e. The maximum atomic E-state index is 13.5. The monoisotopic (exact) mass is 428 g/mol. The Morgan fingerprint density at radius 1 is 1.16 bits per heavy atom. The number of likely N-dealkylation sites (N-methyl/N-ethyl adjacent to an activating group) is 1. The smallest absolute Gasteiger partial charge is 0.324 e. The van der Waals surface area contributed by atoms with E-state index in [-0.39, 0.29) is 23.8 Å². The second-order valence-electron chi connectivity index (χ2n) is 9.24. The zero-order valence-electron chi connectivity index (χ0n) is 19.0. The third-order valence-corrected chi connectivity index (χ3v) is 6.58. The van der Waals surface area contributed by atoms with Gasteiger partial charge in [0, 0.05) is 45.1 Å². The average molecular weight is 429 g/mol. The fraction of sp³-hybridized carbons (Fsp3) is 0.625. The number of imide groups is 1. The van der Waals surface area contributed by atoms with Gasteiger partial charge in [-0.25, -0.2) is 4.79 Å². The third-order valence-electron chi connectivity index (χ3n) is 6.58. The third kappa shape index (κ3) is 6.37. The molecule has 170 valence electrons. The number of hydrogen-bond acceptors (Lipinski definition) is 5. The predicted octanol–water partition coefficient (Wildman–Crippen LogP) is 2.02. The maximum Gasteiger partial charge on any atom is 0.324 e. The molecule has 3 atom stereocenters. The van der Waals surface area contributed by atoms with Gasteiger partial charge < -0.3 is 15.1 Å². The summed E-state index contributed by atoms with van der Waals surface area (Å²) in [5.74, 6) is 0.126. The number of carbonyl (C=O) groups excluding carboxylic acids is 3. The largest absolute Gasteiger partial charge is 0.336 e. The van der Waals surface area contributed by atoms with Crippen LogP contribution >= 0.6 is 0 Å². The number of carbonyl (C=O) groups is 3. The summed E-state index contributed by atoms with van der Waals surface area (Å²) in [6.45, 7) is 2.19. The number of rotatable bonds is 7. The first-order valence-corrected chi connectivity index (χ1v) is 11.3. The molecular formula is C24H36N4O3. The molecule has 0 spiro atoms. The molecule has 0 aromatic heterocycles. The summed E-state index contributed by atoms with van der Waals surface area (Å²) in [5.41, 5.74) is 1.10. The molecule has 0 unspecified atom stereocenters. The van der Waals surface area contributed by atoms with Crippen molar-refractivity contribution in [3.05, 3.63) is 35.9 Å². The van der Waals surface area contributed by atoms with Gasteiger partial charge in [0.25, 0.3) is 0 Å². The highest BCUT2D eigenvalue weighted by atomic mass is 16.2. The predicted molar refractivity (Wildman–Crippen MR) is 121 cm³/mol. The summed E-state index contributed by atoms with van der Waals surface area (Å²) >= 11 is 0. The Hall–Kier alpha value is -2.25. The van der Waals surface area contributed by atoms with E-state index in [9.17, 15) is 14.4 Å². The topological polar surface area (TPSA) is 73.0 Å². The molecule has 0 bridgehead atoms. The van der Waals surface area contributed by atoms with Crippen LogP contribution in [0.1, 0.15) is 31.2 Å². The van der Waals surface area contributed by atoms with Gasteiger partial charge in [-0.2, -0.15) is 0 Å². The number of amides is 3. The first-order chi connectivity index (χ1) is 14.8. The Bertz CT molecular complexity index is 767. The summed E-state index contributed by atoms with van der Waals surface area (Å²) in [7, 11) is 5.94. The van der Waals surface area contributed by atoms with Gasteiger partial charge in [-0.3, -0.25) is 14.5 Å². The Morgan fingerprint density at radius 2 is 1.90 bits per heavy atom. The van der Waals surface area contributed by atoms with Gasteiger partial charge in [0.15, 0.2) is 0 Å². The summed E-state index contributed by atoms with van der Waals surface area (Å²) in [5, 5.41) is 2.90. The fourth-order valence-corrected chi connectivity index (χ4v) is 4.90. The van der Waals surface area contributed by atoms with Gasteiger partial charge in [0.1, 0.15) is 5.78 Å². The number of urea groups is 1. The second kappa shape index (κ2) is 10.9. The summed E-state index contributed by atoms with van der Waals surface area (Å²) in [6.07, 6.45) is 3.39. The van der Waals surface area contributed by atoms with Gasteiger partial charge in [-0.05, 0) is 51.9 Å². The molecule has 0 radical (unpaired) electrons. The number of benzene rings is 1. The molecule has 1 saturated heterocycles. The Kier molecular flexibility index (Phi) is 8.21. The molecule has 3 amide bonds. The van der Waals surface area contributed by atoms with Crippen LogP contribution in [-0.4, -0.2) is 85.8 Å². The molecule has 2 aliphatic rings. The minimum atomic E-state index is -0.327. The van der Waals surface area contributed by atoms with E-state index in [4.69, 9.17) is 0 Å². The van der Waals surface area contributed by atoms with Crippen LogP contribution in [0.5, 0.6) is 0 Å². The number of Topliss-reactive ketones (excluding diaryl/α,β-unsaturated/α-hetero) is 1. The van der Waals surface area contributed by atoms with E-state index in [1.165, 1.54) is 4.90 Å². The van der Waals surface area contributed by atoms with Crippen LogP contribution in [0.3, 0.4) is 0 Å². The Labute approximate surface area is 185 Å². The average Bonchev–Trinajstić information content (AvgIpc) is 2.73. The van der Waals surface area contributed by atoms with Gasteiger partial charge >= 0.3 is 6.03 Å². The van der Waals surface area contributed by atoms with Gasteiger partial charge in [0.2, 0.25) is 5.91 Å². The van der Waals surface area contributed by atoms with Crippen LogP contribution in [-0.2, 0) is 16.0 Å². The summed E-state index contributed by atoms with van der Waals surface area (Å²) in [4.78, 5) is 44.1. The molecule has 3 rings (SSSR count). The van der Waals surface area contributed by atoms with Crippen molar-refractivity contribution in [3.63, 3.8) is 0 Å². The number of nitrogens with zero attached hydrogens (tertiary/aromatic N) is 3. The lowest BCUT2D eigenvalue weighted by molar-refractivity contribution is -0.138. The first-order valence-electron chi connectivity index (χ1n) is 11.3. The van der Waals surface area contributed by atoms with Crippen LogP contribution in [0.15, 0.2) is 30.3 Å². The molecule has 1 saturated carbocycles. The number of likely N-dealkylation sites (tertiary alicyclic amines) is 1. The van der Waals surface area contributed by atoms with E-state index in [1.807, 2.05) is 56.4 Å². The number of nitrogens with one attached hydrogen (secondary N) is 1. The van der Waals surface area contributed by atoms with Crippen molar-refractivity contribution in [2.45, 2.75) is 38.1 Å². The minimum absolute atomic E-state index is 0.124. The van der Waals surface area contributed by atoms with Crippen molar-refractivity contribution in [2.75, 3.05) is 47.3 Å². The molecule has 1 aliphatic heterocycles. The number of piperidine rings is 1. The van der Waals surface area contributed by atoms with Crippen LogP contribution < -0.4 is 5.32 Å². The number of ketones is 1. The molecule has 1 aromatic rings. The van der Waals surface area contributed by atoms with Crippen molar-refractivity contribution in [3.8, 4) is 0 Å². The number of hydrogen-bond donors (Lipinski definition) is 1. The molecule has 7 heteroatoms. The highest BCUT2D eigenvalue weighted by molar-refractivity contribution is 5.95. The Morgan fingerprint density at radius 3 is 2.61 bits per heavy atom. The Balaban J connectivity index is 1.69. The zero-order chi connectivity index (χ0) is 22.4. The summed E-state index contributed by atoms with van der Waals surface area (Å²) in [6, 6.07) is 9.96.